The molecule has 112 valence electrons. The molecule has 6 nitrogen and oxygen atoms in total. The van der Waals surface area contributed by atoms with Gasteiger partial charge in [0.1, 0.15) is 5.03 Å². The largest absolute Gasteiger partial charge is 0.366 e. The maximum absolute atomic E-state index is 12.6. The molecule has 7 heteroatoms. The van der Waals surface area contributed by atoms with Crippen LogP contribution in [-0.2, 0) is 9.84 Å². The van der Waals surface area contributed by atoms with Gasteiger partial charge in [-0.1, -0.05) is 0 Å². The van der Waals surface area contributed by atoms with Crippen LogP contribution in [0.5, 0.6) is 0 Å². The second kappa shape index (κ2) is 4.30. The number of carbonyl (C=O) groups excluding carboxylic acids is 1. The van der Waals surface area contributed by atoms with E-state index in [1.165, 1.54) is 0 Å². The number of nitrogens with zero attached hydrogens (tertiary/aromatic N) is 2. The normalized spacial score (nSPS) is 15.5. The van der Waals surface area contributed by atoms with Crippen molar-refractivity contribution in [1.29, 1.82) is 0 Å². The first kappa shape index (κ1) is 13.3. The molecule has 0 radical (unpaired) electrons. The standard InChI is InChI=1S/C15H13N3O3S/c16-15(19)9-1-5-13-12(7-9)17-8-10-2-6-14(18(10)13)22(20,21)11-3-4-11/h1-2,5-8,11H,3-4H2,(H2,16,19). The Kier molecular flexibility index (Phi) is 2.59. The first-order valence-electron chi connectivity index (χ1n) is 6.92. The Morgan fingerprint density at radius 1 is 1.23 bits per heavy atom. The fourth-order valence-electron chi connectivity index (χ4n) is 2.67. The smallest absolute Gasteiger partial charge is 0.248 e. The average molecular weight is 315 g/mol. The van der Waals surface area contributed by atoms with Crippen molar-refractivity contribution in [3.8, 4) is 0 Å². The summed E-state index contributed by atoms with van der Waals surface area (Å²) in [5, 5.41) is 0.00272. The molecule has 3 aromatic rings. The van der Waals surface area contributed by atoms with Gasteiger partial charge in [0.25, 0.3) is 0 Å². The average Bonchev–Trinajstić information content (AvgIpc) is 3.26. The molecule has 22 heavy (non-hydrogen) atoms. The van der Waals surface area contributed by atoms with Gasteiger partial charge in [-0.15, -0.1) is 0 Å². The van der Waals surface area contributed by atoms with Crippen molar-refractivity contribution in [2.75, 3.05) is 0 Å². The predicted octanol–water partition coefficient (Wildman–Crippen LogP) is 1.52. The number of fused-ring (bicyclic) bond motifs is 3. The summed E-state index contributed by atoms with van der Waals surface area (Å²) in [6.45, 7) is 0. The Hall–Kier alpha value is -2.41. The van der Waals surface area contributed by atoms with Crippen LogP contribution in [-0.4, -0.2) is 29.0 Å². The summed E-state index contributed by atoms with van der Waals surface area (Å²) in [6.07, 6.45) is 3.02. The second-order valence-corrected chi connectivity index (χ2v) is 7.68. The fourth-order valence-corrected chi connectivity index (χ4v) is 4.48. The van der Waals surface area contributed by atoms with Gasteiger partial charge in [0.2, 0.25) is 5.91 Å². The van der Waals surface area contributed by atoms with Crippen LogP contribution in [0.1, 0.15) is 23.2 Å². The molecule has 0 atom stereocenters. The zero-order valence-corrected chi connectivity index (χ0v) is 12.4. The maximum Gasteiger partial charge on any atom is 0.248 e. The van der Waals surface area contributed by atoms with Gasteiger partial charge in [-0.2, -0.15) is 0 Å². The summed E-state index contributed by atoms with van der Waals surface area (Å²) in [4.78, 5) is 15.6. The van der Waals surface area contributed by atoms with Gasteiger partial charge in [-0.3, -0.25) is 14.2 Å². The Bertz CT molecular complexity index is 1030. The van der Waals surface area contributed by atoms with E-state index in [1.54, 1.807) is 40.9 Å². The number of rotatable bonds is 3. The molecule has 1 aliphatic rings. The van der Waals surface area contributed by atoms with Crippen molar-refractivity contribution in [2.45, 2.75) is 23.1 Å². The lowest BCUT2D eigenvalue weighted by molar-refractivity contribution is 0.100. The Balaban J connectivity index is 2.06. The van der Waals surface area contributed by atoms with Crippen molar-refractivity contribution in [3.05, 3.63) is 42.1 Å². The third-order valence-corrected chi connectivity index (χ3v) is 6.22. The molecular formula is C15H13N3O3S. The molecule has 1 fully saturated rings. The van der Waals surface area contributed by atoms with E-state index < -0.39 is 15.7 Å². The summed E-state index contributed by atoms with van der Waals surface area (Å²) in [7, 11) is -3.32. The monoisotopic (exact) mass is 315 g/mol. The molecule has 2 heterocycles. The molecular weight excluding hydrogens is 302 g/mol. The lowest BCUT2D eigenvalue weighted by Crippen LogP contribution is -2.12. The third-order valence-electron chi connectivity index (χ3n) is 3.97. The highest BCUT2D eigenvalue weighted by Crippen LogP contribution is 2.35. The summed E-state index contributed by atoms with van der Waals surface area (Å²) in [5.74, 6) is -0.540. The number of nitrogens with two attached hydrogens (primary N) is 1. The molecule has 1 amide bonds. The molecule has 0 aliphatic heterocycles. The summed E-state index contributed by atoms with van der Waals surface area (Å²) in [5.41, 5.74) is 7.51. The number of hydrogen-bond donors (Lipinski definition) is 1. The van der Waals surface area contributed by atoms with Gasteiger partial charge in [0.15, 0.2) is 9.84 Å². The first-order valence-corrected chi connectivity index (χ1v) is 8.47. The van der Waals surface area contributed by atoms with Gasteiger partial charge in [-0.05, 0) is 43.2 Å². The minimum absolute atomic E-state index is 0.279. The highest BCUT2D eigenvalue weighted by atomic mass is 32.2. The van der Waals surface area contributed by atoms with Crippen LogP contribution in [0.3, 0.4) is 0 Å². The van der Waals surface area contributed by atoms with Crippen molar-refractivity contribution in [3.63, 3.8) is 0 Å². The molecule has 4 rings (SSSR count). The zero-order chi connectivity index (χ0) is 15.5. The number of amides is 1. The molecule has 0 bridgehead atoms. The van der Waals surface area contributed by atoms with Crippen LogP contribution >= 0.6 is 0 Å². The summed E-state index contributed by atoms with van der Waals surface area (Å²) in [6, 6.07) is 8.20. The second-order valence-electron chi connectivity index (χ2n) is 5.50. The Morgan fingerprint density at radius 3 is 2.68 bits per heavy atom. The highest BCUT2D eigenvalue weighted by Gasteiger charge is 2.38. The van der Waals surface area contributed by atoms with Gasteiger partial charge in [-0.25, -0.2) is 8.42 Å². The van der Waals surface area contributed by atoms with E-state index in [0.717, 1.165) is 0 Å². The van der Waals surface area contributed by atoms with Crippen LogP contribution in [0.15, 0.2) is 41.6 Å². The van der Waals surface area contributed by atoms with Crippen LogP contribution in [0.4, 0.5) is 0 Å². The van der Waals surface area contributed by atoms with E-state index in [0.29, 0.717) is 35.0 Å². The molecule has 0 unspecified atom stereocenters. The van der Waals surface area contributed by atoms with Gasteiger partial charge < -0.3 is 5.73 Å². The number of sulfone groups is 1. The van der Waals surface area contributed by atoms with Gasteiger partial charge in [0, 0.05) is 5.56 Å². The Labute approximate surface area is 126 Å². The predicted molar refractivity (Wildman–Crippen MR) is 81.4 cm³/mol. The zero-order valence-electron chi connectivity index (χ0n) is 11.6. The third kappa shape index (κ3) is 1.82. The van der Waals surface area contributed by atoms with Crippen LogP contribution in [0.25, 0.3) is 16.6 Å². The van der Waals surface area contributed by atoms with E-state index in [9.17, 15) is 13.2 Å². The van der Waals surface area contributed by atoms with E-state index in [4.69, 9.17) is 5.73 Å². The van der Waals surface area contributed by atoms with Crippen LogP contribution in [0.2, 0.25) is 0 Å². The van der Waals surface area contributed by atoms with Gasteiger partial charge >= 0.3 is 0 Å². The maximum atomic E-state index is 12.6. The minimum atomic E-state index is -3.32. The van der Waals surface area contributed by atoms with E-state index in [-0.39, 0.29) is 10.3 Å². The first-order chi connectivity index (χ1) is 10.5. The van der Waals surface area contributed by atoms with Crippen molar-refractivity contribution >= 4 is 32.3 Å². The summed E-state index contributed by atoms with van der Waals surface area (Å²) >= 11 is 0. The summed E-state index contributed by atoms with van der Waals surface area (Å²) < 4.78 is 26.8. The highest BCUT2D eigenvalue weighted by molar-refractivity contribution is 7.92. The quantitative estimate of drug-likeness (QED) is 0.793. The number of hydrogen-bond acceptors (Lipinski definition) is 4. The Morgan fingerprint density at radius 2 is 2.00 bits per heavy atom. The van der Waals surface area contributed by atoms with E-state index in [2.05, 4.69) is 4.98 Å². The van der Waals surface area contributed by atoms with Crippen molar-refractivity contribution in [2.24, 2.45) is 5.73 Å². The SMILES string of the molecule is NC(=O)c1ccc2c(c1)ncc1ccc(S(=O)(=O)C3CC3)n12. The lowest BCUT2D eigenvalue weighted by atomic mass is 10.2. The molecule has 2 aromatic heterocycles. The molecule has 1 saturated carbocycles. The van der Waals surface area contributed by atoms with E-state index in [1.807, 2.05) is 0 Å². The number of carbonyl (C=O) groups is 1. The van der Waals surface area contributed by atoms with Crippen LogP contribution < -0.4 is 5.73 Å². The van der Waals surface area contributed by atoms with Crippen LogP contribution in [0, 0.1) is 0 Å². The van der Waals surface area contributed by atoms with Crippen molar-refractivity contribution in [1.82, 2.24) is 9.38 Å². The van der Waals surface area contributed by atoms with E-state index >= 15 is 0 Å². The molecule has 1 aromatic carbocycles. The topological polar surface area (TPSA) is 94.5 Å². The number of aromatic nitrogens is 2. The molecule has 0 saturated heterocycles. The van der Waals surface area contributed by atoms with Gasteiger partial charge in [0.05, 0.1) is 28.0 Å². The van der Waals surface area contributed by atoms with Crippen molar-refractivity contribution < 1.29 is 13.2 Å². The molecule has 2 N–H and O–H groups in total. The minimum Gasteiger partial charge on any atom is -0.366 e. The number of benzene rings is 1. The lowest BCUT2D eigenvalue weighted by Gasteiger charge is -2.08. The molecule has 1 aliphatic carbocycles. The number of primary amides is 1. The molecule has 0 spiro atoms. The fraction of sp³-hybridized carbons (Fsp3) is 0.200.